The number of amides is 1. The number of rotatable bonds is 11. The summed E-state index contributed by atoms with van der Waals surface area (Å²) in [4.78, 5) is 25.9. The normalized spacial score (nSPS) is 10.9. The van der Waals surface area contributed by atoms with E-state index in [9.17, 15) is 4.79 Å². The van der Waals surface area contributed by atoms with Crippen molar-refractivity contribution in [2.45, 2.75) is 38.9 Å². The van der Waals surface area contributed by atoms with Gasteiger partial charge in [-0.3, -0.25) is 4.79 Å². The van der Waals surface area contributed by atoms with Gasteiger partial charge < -0.3 is 15.4 Å². The number of ether oxygens (including phenoxy) is 1. The molecule has 2 N–H and O–H groups in total. The fourth-order valence-corrected chi connectivity index (χ4v) is 3.42. The van der Waals surface area contributed by atoms with E-state index in [2.05, 4.69) is 44.5 Å². The second-order valence-corrected chi connectivity index (χ2v) is 7.60. The number of aromatic nitrogens is 5. The van der Waals surface area contributed by atoms with Gasteiger partial charge in [-0.1, -0.05) is 25.6 Å². The first kappa shape index (κ1) is 21.8. The summed E-state index contributed by atoms with van der Waals surface area (Å²) in [6, 6.07) is 3.41. The lowest BCUT2D eigenvalue weighted by Crippen LogP contribution is -2.28. The van der Waals surface area contributed by atoms with Crippen LogP contribution >= 0.6 is 11.8 Å². The molecule has 0 radical (unpaired) electrons. The molecule has 3 heterocycles. The molecule has 0 aliphatic rings. The highest BCUT2D eigenvalue weighted by Crippen LogP contribution is 2.24. The predicted molar refractivity (Wildman–Crippen MR) is 118 cm³/mol. The van der Waals surface area contributed by atoms with Crippen molar-refractivity contribution in [3.8, 4) is 5.88 Å². The van der Waals surface area contributed by atoms with E-state index in [0.29, 0.717) is 36.3 Å². The maximum atomic E-state index is 12.5. The number of hydrogen-bond donors (Lipinski definition) is 2. The quantitative estimate of drug-likeness (QED) is 0.354. The van der Waals surface area contributed by atoms with Gasteiger partial charge in [0.05, 0.1) is 24.7 Å². The van der Waals surface area contributed by atoms with Crippen LogP contribution in [0.1, 0.15) is 37.6 Å². The lowest BCUT2D eigenvalue weighted by Gasteiger charge is -2.10. The van der Waals surface area contributed by atoms with Crippen LogP contribution in [0.4, 0.5) is 5.82 Å². The van der Waals surface area contributed by atoms with E-state index < -0.39 is 0 Å². The lowest BCUT2D eigenvalue weighted by molar-refractivity contribution is 0.0947. The summed E-state index contributed by atoms with van der Waals surface area (Å²) in [7, 11) is 0. The van der Waals surface area contributed by atoms with E-state index in [1.165, 1.54) is 0 Å². The molecule has 3 aromatic rings. The van der Waals surface area contributed by atoms with Gasteiger partial charge in [0.15, 0.2) is 10.8 Å². The molecule has 0 aliphatic heterocycles. The molecule has 0 aromatic carbocycles. The Morgan fingerprint density at radius 1 is 1.23 bits per heavy atom. The van der Waals surface area contributed by atoms with Crippen LogP contribution in [-0.4, -0.2) is 56.1 Å². The maximum Gasteiger partial charge on any atom is 0.256 e. The molecule has 30 heavy (non-hydrogen) atoms. The van der Waals surface area contributed by atoms with Gasteiger partial charge in [0, 0.05) is 19.3 Å². The number of anilines is 1. The Labute approximate surface area is 180 Å². The van der Waals surface area contributed by atoms with E-state index in [4.69, 9.17) is 4.74 Å². The van der Waals surface area contributed by atoms with Crippen molar-refractivity contribution >= 4 is 34.5 Å². The van der Waals surface area contributed by atoms with Crippen LogP contribution in [0.15, 0.2) is 29.7 Å². The first-order valence-electron chi connectivity index (χ1n) is 10.1. The van der Waals surface area contributed by atoms with Gasteiger partial charge in [0.2, 0.25) is 5.88 Å². The molecule has 3 aromatic heterocycles. The van der Waals surface area contributed by atoms with Crippen molar-refractivity contribution in [2.75, 3.05) is 30.8 Å². The first-order chi connectivity index (χ1) is 14.7. The Kier molecular flexibility index (Phi) is 7.83. The Morgan fingerprint density at radius 3 is 2.87 bits per heavy atom. The van der Waals surface area contributed by atoms with Crippen LogP contribution in [-0.2, 0) is 6.54 Å². The van der Waals surface area contributed by atoms with Crippen molar-refractivity contribution in [3.05, 3.63) is 30.1 Å². The van der Waals surface area contributed by atoms with Crippen LogP contribution in [0.2, 0.25) is 0 Å². The van der Waals surface area contributed by atoms with Crippen LogP contribution < -0.4 is 15.4 Å². The minimum atomic E-state index is -0.231. The molecule has 1 amide bonds. The minimum Gasteiger partial charge on any atom is -0.477 e. The molecule has 0 fully saturated rings. The number of pyridine rings is 1. The Morgan fingerprint density at radius 2 is 2.10 bits per heavy atom. The highest BCUT2D eigenvalue weighted by molar-refractivity contribution is 7.99. The zero-order valence-electron chi connectivity index (χ0n) is 17.5. The molecule has 3 rings (SSSR count). The van der Waals surface area contributed by atoms with E-state index in [-0.39, 0.29) is 5.91 Å². The number of nitrogens with zero attached hydrogens (tertiary/aromatic N) is 5. The average Bonchev–Trinajstić information content (AvgIpc) is 3.16. The molecule has 0 saturated carbocycles. The number of carbonyl (C=O) groups is 1. The van der Waals surface area contributed by atoms with Crippen LogP contribution in [0.3, 0.4) is 0 Å². The van der Waals surface area contributed by atoms with Gasteiger partial charge in [0.25, 0.3) is 5.91 Å². The summed E-state index contributed by atoms with van der Waals surface area (Å²) in [6.45, 7) is 8.20. The summed E-state index contributed by atoms with van der Waals surface area (Å²) in [6.07, 6.45) is 4.37. The molecule has 160 valence electrons. The molecule has 0 atom stereocenters. The Hall–Kier alpha value is -2.88. The van der Waals surface area contributed by atoms with Crippen molar-refractivity contribution < 1.29 is 9.53 Å². The number of hydrogen-bond acceptors (Lipinski definition) is 8. The summed E-state index contributed by atoms with van der Waals surface area (Å²) in [5.41, 5.74) is 1.17. The second kappa shape index (κ2) is 10.8. The Balaban J connectivity index is 1.73. The number of thioether (sulfide) groups is 1. The zero-order valence-corrected chi connectivity index (χ0v) is 18.3. The molecular weight excluding hydrogens is 402 g/mol. The van der Waals surface area contributed by atoms with Crippen molar-refractivity contribution in [1.29, 1.82) is 0 Å². The monoisotopic (exact) mass is 429 g/mol. The molecule has 0 saturated heterocycles. The zero-order chi connectivity index (χ0) is 21.3. The molecule has 0 unspecified atom stereocenters. The van der Waals surface area contributed by atoms with E-state index in [0.717, 1.165) is 35.6 Å². The summed E-state index contributed by atoms with van der Waals surface area (Å²) < 4.78 is 7.23. The first-order valence-corrected chi connectivity index (χ1v) is 11.1. The van der Waals surface area contributed by atoms with Crippen LogP contribution in [0.25, 0.3) is 11.0 Å². The number of fused-ring (bicyclic) bond motifs is 1. The fourth-order valence-electron chi connectivity index (χ4n) is 2.86. The topological polar surface area (TPSA) is 107 Å². The van der Waals surface area contributed by atoms with Crippen LogP contribution in [0.5, 0.6) is 5.88 Å². The smallest absolute Gasteiger partial charge is 0.256 e. The molecule has 0 spiro atoms. The molecule has 0 bridgehead atoms. The van der Waals surface area contributed by atoms with Crippen molar-refractivity contribution in [3.63, 3.8) is 0 Å². The predicted octanol–water partition coefficient (Wildman–Crippen LogP) is 2.98. The highest BCUT2D eigenvalue weighted by Gasteiger charge is 2.15. The number of carbonyl (C=O) groups excluding carboxylic acids is 1. The van der Waals surface area contributed by atoms with Crippen molar-refractivity contribution in [1.82, 2.24) is 30.0 Å². The van der Waals surface area contributed by atoms with Gasteiger partial charge in [-0.15, -0.1) is 0 Å². The third-order valence-corrected chi connectivity index (χ3v) is 4.93. The Bertz CT molecular complexity index is 992. The van der Waals surface area contributed by atoms with E-state index in [1.54, 1.807) is 41.0 Å². The molecule has 9 nitrogen and oxygen atoms in total. The minimum absolute atomic E-state index is 0.231. The van der Waals surface area contributed by atoms with Gasteiger partial charge in [-0.2, -0.15) is 5.10 Å². The standard InChI is InChI=1S/C20H27N7O2S/c1-4-9-21-16-15-13-24-27(17(15)26-20(25-16)30-6-3)12-11-22-18(28)14-8-7-10-23-19(14)29-5-2/h7-8,10,13H,4-6,9,11-12H2,1-3H3,(H,22,28)(H,21,25,26). The average molecular weight is 430 g/mol. The molecular formula is C20H27N7O2S. The van der Waals surface area contributed by atoms with Crippen LogP contribution in [0, 0.1) is 0 Å². The maximum absolute atomic E-state index is 12.5. The molecule has 10 heteroatoms. The third-order valence-electron chi connectivity index (χ3n) is 4.20. The summed E-state index contributed by atoms with van der Waals surface area (Å²) in [5.74, 6) is 1.79. The second-order valence-electron chi connectivity index (χ2n) is 6.36. The lowest BCUT2D eigenvalue weighted by atomic mass is 10.2. The van der Waals surface area contributed by atoms with E-state index in [1.807, 2.05) is 6.92 Å². The van der Waals surface area contributed by atoms with E-state index >= 15 is 0 Å². The fraction of sp³-hybridized carbons (Fsp3) is 0.450. The molecule has 0 aliphatic carbocycles. The number of nitrogens with one attached hydrogen (secondary N) is 2. The van der Waals surface area contributed by atoms with Gasteiger partial charge in [0.1, 0.15) is 11.4 Å². The summed E-state index contributed by atoms with van der Waals surface area (Å²) in [5, 5.41) is 12.3. The van der Waals surface area contributed by atoms with Gasteiger partial charge >= 0.3 is 0 Å². The highest BCUT2D eigenvalue weighted by atomic mass is 32.2. The van der Waals surface area contributed by atoms with Crippen molar-refractivity contribution in [2.24, 2.45) is 0 Å². The van der Waals surface area contributed by atoms with Gasteiger partial charge in [-0.25, -0.2) is 19.6 Å². The largest absolute Gasteiger partial charge is 0.477 e. The van der Waals surface area contributed by atoms with Gasteiger partial charge in [-0.05, 0) is 31.2 Å². The third kappa shape index (κ3) is 5.18. The SMILES string of the molecule is CCCNc1nc(SCC)nc2c1cnn2CCNC(=O)c1cccnc1OCC. The summed E-state index contributed by atoms with van der Waals surface area (Å²) >= 11 is 1.59.